The third kappa shape index (κ3) is 3.14. The van der Waals surface area contributed by atoms with Gasteiger partial charge in [-0.15, -0.1) is 0 Å². The zero-order valence-corrected chi connectivity index (χ0v) is 15.1. The van der Waals surface area contributed by atoms with Crippen LogP contribution >= 0.6 is 0 Å². The van der Waals surface area contributed by atoms with Crippen LogP contribution in [-0.2, 0) is 11.3 Å². The summed E-state index contributed by atoms with van der Waals surface area (Å²) in [6.45, 7) is 6.11. The number of halogens is 1. The second kappa shape index (κ2) is 6.71. The van der Waals surface area contributed by atoms with E-state index in [9.17, 15) is 4.39 Å². The number of hydrogen-bond acceptors (Lipinski definition) is 2. The largest absolute Gasteiger partial charge is 0.377 e. The van der Waals surface area contributed by atoms with Gasteiger partial charge in [-0.1, -0.05) is 26.0 Å². The summed E-state index contributed by atoms with van der Waals surface area (Å²) < 4.78 is 19.0. The molecular formula is C19H28FN3O. The molecule has 5 heteroatoms. The number of aliphatic imine (C=N–C) groups is 1. The summed E-state index contributed by atoms with van der Waals surface area (Å²) in [5.74, 6) is 1.23. The smallest absolute Gasteiger partial charge is 0.193 e. The standard InChI is InChI=1S/C19H28FN3O/c1-19(2)16(15-6-5-11-24-17(15)19)22-18(21-3)23(4)12-13-7-9-14(20)10-8-13/h7-10,15-17H,5-6,11-12H2,1-4H3,(H,21,22). The summed E-state index contributed by atoms with van der Waals surface area (Å²) in [4.78, 5) is 6.53. The molecule has 1 N–H and O–H groups in total. The van der Waals surface area contributed by atoms with E-state index in [1.54, 1.807) is 0 Å². The van der Waals surface area contributed by atoms with Crippen LogP contribution in [0.3, 0.4) is 0 Å². The van der Waals surface area contributed by atoms with E-state index in [-0.39, 0.29) is 11.2 Å². The minimum atomic E-state index is -0.205. The summed E-state index contributed by atoms with van der Waals surface area (Å²) in [6.07, 6.45) is 2.70. The molecule has 1 aliphatic carbocycles. The summed E-state index contributed by atoms with van der Waals surface area (Å²) in [7, 11) is 3.82. The van der Waals surface area contributed by atoms with Crippen molar-refractivity contribution in [2.45, 2.75) is 45.4 Å². The highest BCUT2D eigenvalue weighted by molar-refractivity contribution is 5.80. The Morgan fingerprint density at radius 1 is 1.38 bits per heavy atom. The Balaban J connectivity index is 1.65. The zero-order chi connectivity index (χ0) is 17.3. The predicted octanol–water partition coefficient (Wildman–Crippen LogP) is 3.04. The SMILES string of the molecule is CN=C(NC1C2CCCOC2C1(C)C)N(C)Cc1ccc(F)cc1. The highest BCUT2D eigenvalue weighted by atomic mass is 19.1. The number of rotatable bonds is 3. The molecular weight excluding hydrogens is 305 g/mol. The fraction of sp³-hybridized carbons (Fsp3) is 0.632. The first-order valence-corrected chi connectivity index (χ1v) is 8.74. The fourth-order valence-corrected chi connectivity index (χ4v) is 4.24. The van der Waals surface area contributed by atoms with Crippen LogP contribution in [-0.4, -0.2) is 43.7 Å². The summed E-state index contributed by atoms with van der Waals surface area (Å²) in [5.41, 5.74) is 1.17. The van der Waals surface area contributed by atoms with E-state index >= 15 is 0 Å². The molecule has 1 saturated carbocycles. The van der Waals surface area contributed by atoms with Crippen LogP contribution in [0, 0.1) is 17.2 Å². The number of hydrogen-bond donors (Lipinski definition) is 1. The number of benzene rings is 1. The second-order valence-corrected chi connectivity index (χ2v) is 7.57. The third-order valence-corrected chi connectivity index (χ3v) is 5.52. The molecule has 0 spiro atoms. The minimum absolute atomic E-state index is 0.109. The lowest BCUT2D eigenvalue weighted by Crippen LogP contribution is -2.71. The van der Waals surface area contributed by atoms with E-state index < -0.39 is 0 Å². The zero-order valence-electron chi connectivity index (χ0n) is 15.1. The van der Waals surface area contributed by atoms with Crippen molar-refractivity contribution < 1.29 is 9.13 Å². The molecule has 4 nitrogen and oxygen atoms in total. The molecule has 1 saturated heterocycles. The van der Waals surface area contributed by atoms with E-state index in [0.29, 0.717) is 24.6 Å². The first-order chi connectivity index (χ1) is 11.4. The van der Waals surface area contributed by atoms with Crippen LogP contribution in [0.1, 0.15) is 32.3 Å². The van der Waals surface area contributed by atoms with Crippen LogP contribution in [0.2, 0.25) is 0 Å². The average molecular weight is 333 g/mol. The molecule has 132 valence electrons. The van der Waals surface area contributed by atoms with Crippen LogP contribution in [0.25, 0.3) is 0 Å². The van der Waals surface area contributed by atoms with Crippen molar-refractivity contribution in [1.82, 2.24) is 10.2 Å². The number of nitrogens with zero attached hydrogens (tertiary/aromatic N) is 2. The Labute approximate surface area is 144 Å². The molecule has 3 unspecified atom stereocenters. The number of nitrogens with one attached hydrogen (secondary N) is 1. The lowest BCUT2D eigenvalue weighted by molar-refractivity contribution is -0.188. The third-order valence-electron chi connectivity index (χ3n) is 5.52. The molecule has 1 aromatic carbocycles. The van der Waals surface area contributed by atoms with Crippen molar-refractivity contribution in [2.75, 3.05) is 20.7 Å². The molecule has 2 fully saturated rings. The van der Waals surface area contributed by atoms with Gasteiger partial charge in [-0.2, -0.15) is 0 Å². The van der Waals surface area contributed by atoms with Gasteiger partial charge in [0.2, 0.25) is 0 Å². The van der Waals surface area contributed by atoms with Crippen molar-refractivity contribution in [2.24, 2.45) is 16.3 Å². The van der Waals surface area contributed by atoms with Crippen molar-refractivity contribution >= 4 is 5.96 Å². The van der Waals surface area contributed by atoms with E-state index in [2.05, 4.69) is 29.1 Å². The molecule has 0 aromatic heterocycles. The van der Waals surface area contributed by atoms with Gasteiger partial charge in [-0.25, -0.2) is 4.39 Å². The van der Waals surface area contributed by atoms with Crippen molar-refractivity contribution in [3.8, 4) is 0 Å². The van der Waals surface area contributed by atoms with Gasteiger partial charge in [0.05, 0.1) is 6.10 Å². The molecule has 1 heterocycles. The van der Waals surface area contributed by atoms with E-state index in [1.807, 2.05) is 26.2 Å². The van der Waals surface area contributed by atoms with Gasteiger partial charge in [0.1, 0.15) is 5.82 Å². The van der Waals surface area contributed by atoms with Gasteiger partial charge in [0, 0.05) is 44.6 Å². The topological polar surface area (TPSA) is 36.9 Å². The maximum Gasteiger partial charge on any atom is 0.193 e. The molecule has 1 aromatic rings. The minimum Gasteiger partial charge on any atom is -0.377 e. The Morgan fingerprint density at radius 2 is 2.08 bits per heavy atom. The van der Waals surface area contributed by atoms with Gasteiger partial charge < -0.3 is 15.0 Å². The fourth-order valence-electron chi connectivity index (χ4n) is 4.24. The lowest BCUT2D eigenvalue weighted by Gasteiger charge is -2.60. The number of guanidine groups is 1. The van der Waals surface area contributed by atoms with Crippen LogP contribution in [0.5, 0.6) is 0 Å². The normalized spacial score (nSPS) is 28.7. The monoisotopic (exact) mass is 333 g/mol. The molecule has 0 amide bonds. The first kappa shape index (κ1) is 17.2. The van der Waals surface area contributed by atoms with Gasteiger partial charge in [0.15, 0.2) is 5.96 Å². The Kier molecular flexibility index (Phi) is 4.81. The Bertz CT molecular complexity index is 599. The Hall–Kier alpha value is -1.62. The highest BCUT2D eigenvalue weighted by Gasteiger charge is 2.58. The quantitative estimate of drug-likeness (QED) is 0.682. The molecule has 24 heavy (non-hydrogen) atoms. The van der Waals surface area contributed by atoms with Gasteiger partial charge in [-0.3, -0.25) is 4.99 Å². The van der Waals surface area contributed by atoms with Gasteiger partial charge in [0.25, 0.3) is 0 Å². The highest BCUT2D eigenvalue weighted by Crippen LogP contribution is 2.51. The maximum atomic E-state index is 13.1. The molecule has 3 rings (SSSR count). The Morgan fingerprint density at radius 3 is 2.75 bits per heavy atom. The summed E-state index contributed by atoms with van der Waals surface area (Å²) in [6, 6.07) is 7.00. The van der Waals surface area contributed by atoms with Crippen molar-refractivity contribution in [3.05, 3.63) is 35.6 Å². The number of fused-ring (bicyclic) bond motifs is 1. The van der Waals surface area contributed by atoms with Crippen LogP contribution in [0.15, 0.2) is 29.3 Å². The maximum absolute atomic E-state index is 13.1. The molecule has 1 aliphatic heterocycles. The first-order valence-electron chi connectivity index (χ1n) is 8.74. The van der Waals surface area contributed by atoms with Gasteiger partial charge >= 0.3 is 0 Å². The van der Waals surface area contributed by atoms with Crippen molar-refractivity contribution in [3.63, 3.8) is 0 Å². The second-order valence-electron chi connectivity index (χ2n) is 7.57. The van der Waals surface area contributed by atoms with E-state index in [1.165, 1.54) is 18.6 Å². The van der Waals surface area contributed by atoms with E-state index in [4.69, 9.17) is 4.74 Å². The van der Waals surface area contributed by atoms with Crippen molar-refractivity contribution in [1.29, 1.82) is 0 Å². The van der Waals surface area contributed by atoms with E-state index in [0.717, 1.165) is 24.6 Å². The average Bonchev–Trinajstić information content (AvgIpc) is 2.57. The number of ether oxygens (including phenoxy) is 1. The molecule has 0 radical (unpaired) electrons. The summed E-state index contributed by atoms with van der Waals surface area (Å²) in [5, 5.41) is 3.65. The van der Waals surface area contributed by atoms with Crippen LogP contribution in [0.4, 0.5) is 4.39 Å². The van der Waals surface area contributed by atoms with Gasteiger partial charge in [-0.05, 0) is 30.5 Å². The predicted molar refractivity (Wildman–Crippen MR) is 94.4 cm³/mol. The summed E-state index contributed by atoms with van der Waals surface area (Å²) >= 11 is 0. The lowest BCUT2D eigenvalue weighted by atomic mass is 9.55. The molecule has 3 atom stereocenters. The molecule has 2 aliphatic rings. The van der Waals surface area contributed by atoms with Crippen LogP contribution < -0.4 is 5.32 Å². The molecule has 0 bridgehead atoms.